The lowest BCUT2D eigenvalue weighted by molar-refractivity contribution is 0.0600. The van der Waals surface area contributed by atoms with Gasteiger partial charge >= 0.3 is 5.97 Å². The van der Waals surface area contributed by atoms with E-state index in [9.17, 15) is 9.59 Å². The molecular weight excluding hydrogens is 356 g/mol. The van der Waals surface area contributed by atoms with Gasteiger partial charge < -0.3 is 15.4 Å². The first-order chi connectivity index (χ1) is 13.7. The van der Waals surface area contributed by atoms with E-state index in [0.717, 1.165) is 6.42 Å². The summed E-state index contributed by atoms with van der Waals surface area (Å²) >= 11 is 0. The van der Waals surface area contributed by atoms with E-state index in [2.05, 4.69) is 37.5 Å². The fourth-order valence-electron chi connectivity index (χ4n) is 2.57. The van der Waals surface area contributed by atoms with Crippen molar-refractivity contribution >= 4 is 23.5 Å². The predicted molar refractivity (Wildman–Crippen MR) is 106 cm³/mol. The van der Waals surface area contributed by atoms with Gasteiger partial charge in [0.25, 0.3) is 5.91 Å². The summed E-state index contributed by atoms with van der Waals surface area (Å²) in [5.41, 5.74) is 2.26. The van der Waals surface area contributed by atoms with Crippen molar-refractivity contribution in [1.29, 1.82) is 0 Å². The van der Waals surface area contributed by atoms with E-state index in [-0.39, 0.29) is 5.69 Å². The second-order valence-electron chi connectivity index (χ2n) is 5.95. The van der Waals surface area contributed by atoms with Crippen molar-refractivity contribution < 1.29 is 14.3 Å². The third-order valence-electron chi connectivity index (χ3n) is 3.97. The van der Waals surface area contributed by atoms with Gasteiger partial charge in [-0.3, -0.25) is 4.79 Å². The highest BCUT2D eigenvalue weighted by Gasteiger charge is 2.11. The van der Waals surface area contributed by atoms with Crippen LogP contribution in [0.4, 0.5) is 11.6 Å². The highest BCUT2D eigenvalue weighted by molar-refractivity contribution is 6.03. The molecule has 0 atom stereocenters. The van der Waals surface area contributed by atoms with E-state index in [1.165, 1.54) is 24.9 Å². The highest BCUT2D eigenvalue weighted by atomic mass is 16.5. The summed E-state index contributed by atoms with van der Waals surface area (Å²) < 4.78 is 4.69. The van der Waals surface area contributed by atoms with Crippen LogP contribution in [0.1, 0.15) is 26.4 Å². The van der Waals surface area contributed by atoms with Crippen molar-refractivity contribution in [2.75, 3.05) is 24.3 Å². The monoisotopic (exact) mass is 376 g/mol. The lowest BCUT2D eigenvalue weighted by Crippen LogP contribution is -2.16. The van der Waals surface area contributed by atoms with E-state index in [1.54, 1.807) is 24.3 Å². The smallest absolute Gasteiger partial charge is 0.337 e. The molecule has 7 heteroatoms. The average molecular weight is 376 g/mol. The van der Waals surface area contributed by atoms with E-state index < -0.39 is 11.9 Å². The molecule has 2 N–H and O–H groups in total. The second kappa shape index (κ2) is 9.27. The zero-order valence-corrected chi connectivity index (χ0v) is 15.4. The molecule has 1 amide bonds. The zero-order valence-electron chi connectivity index (χ0n) is 15.4. The number of hydrogen-bond acceptors (Lipinski definition) is 6. The molecule has 0 radical (unpaired) electrons. The predicted octanol–water partition coefficient (Wildman–Crippen LogP) is 3.17. The maximum Gasteiger partial charge on any atom is 0.337 e. The van der Waals surface area contributed by atoms with Crippen molar-refractivity contribution in [3.63, 3.8) is 0 Å². The molecule has 0 fully saturated rings. The zero-order chi connectivity index (χ0) is 19.8. The van der Waals surface area contributed by atoms with Crippen LogP contribution in [0.15, 0.2) is 66.9 Å². The van der Waals surface area contributed by atoms with Crippen LogP contribution < -0.4 is 10.6 Å². The quantitative estimate of drug-likeness (QED) is 0.615. The molecule has 0 saturated heterocycles. The number of amides is 1. The standard InChI is InChI=1S/C21H20N4O3/c1-28-20(27)16-8-5-9-17(14-16)24-19(26)18-11-13-23-21(25-18)22-12-10-15-6-3-2-4-7-15/h2-9,11,13-14H,10,12H2,1H3,(H,24,26)(H,22,23,25). The maximum absolute atomic E-state index is 12.5. The van der Waals surface area contributed by atoms with Gasteiger partial charge in [-0.1, -0.05) is 36.4 Å². The molecule has 0 saturated carbocycles. The van der Waals surface area contributed by atoms with Crippen LogP contribution in [-0.2, 0) is 11.2 Å². The topological polar surface area (TPSA) is 93.2 Å². The summed E-state index contributed by atoms with van der Waals surface area (Å²) in [6.07, 6.45) is 2.35. The number of anilines is 2. The van der Waals surface area contributed by atoms with Crippen molar-refractivity contribution in [2.24, 2.45) is 0 Å². The van der Waals surface area contributed by atoms with Crippen molar-refractivity contribution in [2.45, 2.75) is 6.42 Å². The molecule has 28 heavy (non-hydrogen) atoms. The number of hydrogen-bond donors (Lipinski definition) is 2. The Morgan fingerprint density at radius 2 is 1.86 bits per heavy atom. The Hall–Kier alpha value is -3.74. The summed E-state index contributed by atoms with van der Waals surface area (Å²) in [4.78, 5) is 32.5. The number of carbonyl (C=O) groups is 2. The number of methoxy groups -OCH3 is 1. The maximum atomic E-state index is 12.5. The number of ether oxygens (including phenoxy) is 1. The Morgan fingerprint density at radius 1 is 1.04 bits per heavy atom. The van der Waals surface area contributed by atoms with E-state index in [4.69, 9.17) is 0 Å². The Morgan fingerprint density at radius 3 is 2.64 bits per heavy atom. The summed E-state index contributed by atoms with van der Waals surface area (Å²) in [5.74, 6) is -0.481. The number of esters is 1. The van der Waals surface area contributed by atoms with Gasteiger partial charge in [-0.25, -0.2) is 14.8 Å². The van der Waals surface area contributed by atoms with Crippen molar-refractivity contribution in [1.82, 2.24) is 9.97 Å². The number of nitrogens with zero attached hydrogens (tertiary/aromatic N) is 2. The Kier molecular flexibility index (Phi) is 6.30. The number of rotatable bonds is 7. The fourth-order valence-corrected chi connectivity index (χ4v) is 2.57. The molecular formula is C21H20N4O3. The summed E-state index contributed by atoms with van der Waals surface area (Å²) in [6, 6.07) is 18.1. The van der Waals surface area contributed by atoms with Crippen LogP contribution in [-0.4, -0.2) is 35.5 Å². The van der Waals surface area contributed by atoms with Gasteiger partial charge in [0, 0.05) is 18.4 Å². The van der Waals surface area contributed by atoms with E-state index in [0.29, 0.717) is 23.7 Å². The first-order valence-electron chi connectivity index (χ1n) is 8.76. The normalized spacial score (nSPS) is 10.2. The molecule has 3 aromatic rings. The molecule has 3 rings (SSSR count). The summed E-state index contributed by atoms with van der Waals surface area (Å²) in [5, 5.41) is 5.84. The minimum atomic E-state index is -0.469. The lowest BCUT2D eigenvalue weighted by atomic mass is 10.1. The van der Waals surface area contributed by atoms with Gasteiger partial charge in [-0.2, -0.15) is 0 Å². The van der Waals surface area contributed by atoms with Gasteiger partial charge in [-0.15, -0.1) is 0 Å². The summed E-state index contributed by atoms with van der Waals surface area (Å²) in [7, 11) is 1.31. The molecule has 142 valence electrons. The molecule has 0 aliphatic carbocycles. The Balaban J connectivity index is 1.61. The first-order valence-corrected chi connectivity index (χ1v) is 8.76. The van der Waals surface area contributed by atoms with Gasteiger partial charge in [0.2, 0.25) is 5.95 Å². The van der Waals surface area contributed by atoms with E-state index in [1.807, 2.05) is 18.2 Å². The largest absolute Gasteiger partial charge is 0.465 e. The minimum Gasteiger partial charge on any atom is -0.465 e. The third kappa shape index (κ3) is 5.14. The minimum absolute atomic E-state index is 0.223. The van der Waals surface area contributed by atoms with Gasteiger partial charge in [-0.05, 0) is 36.2 Å². The molecule has 0 bridgehead atoms. The molecule has 7 nitrogen and oxygen atoms in total. The van der Waals surface area contributed by atoms with Crippen molar-refractivity contribution in [3.05, 3.63) is 83.7 Å². The molecule has 2 aromatic carbocycles. The molecule has 0 unspecified atom stereocenters. The van der Waals surface area contributed by atoms with Crippen molar-refractivity contribution in [3.8, 4) is 0 Å². The van der Waals surface area contributed by atoms with Crippen LogP contribution in [0, 0.1) is 0 Å². The highest BCUT2D eigenvalue weighted by Crippen LogP contribution is 2.13. The number of carbonyl (C=O) groups excluding carboxylic acids is 2. The fraction of sp³-hybridized carbons (Fsp3) is 0.143. The lowest BCUT2D eigenvalue weighted by Gasteiger charge is -2.08. The number of benzene rings is 2. The molecule has 0 aliphatic heterocycles. The average Bonchev–Trinajstić information content (AvgIpc) is 2.74. The molecule has 1 aromatic heterocycles. The Bertz CT molecular complexity index is 961. The van der Waals surface area contributed by atoms with Crippen LogP contribution >= 0.6 is 0 Å². The number of nitrogens with one attached hydrogen (secondary N) is 2. The van der Waals surface area contributed by atoms with E-state index >= 15 is 0 Å². The first kappa shape index (κ1) is 19.0. The Labute approximate surface area is 162 Å². The van der Waals surface area contributed by atoms with Crippen LogP contribution in [0.25, 0.3) is 0 Å². The molecule has 0 aliphatic rings. The second-order valence-corrected chi connectivity index (χ2v) is 5.95. The number of aromatic nitrogens is 2. The summed E-state index contributed by atoms with van der Waals surface area (Å²) in [6.45, 7) is 0.649. The van der Waals surface area contributed by atoms with Gasteiger partial charge in [0.05, 0.1) is 12.7 Å². The molecule has 1 heterocycles. The van der Waals surface area contributed by atoms with Crippen LogP contribution in [0.5, 0.6) is 0 Å². The molecule has 0 spiro atoms. The van der Waals surface area contributed by atoms with Crippen LogP contribution in [0.3, 0.4) is 0 Å². The SMILES string of the molecule is COC(=O)c1cccc(NC(=O)c2ccnc(NCCc3ccccc3)n2)c1. The van der Waals surface area contributed by atoms with Gasteiger partial charge in [0.1, 0.15) is 5.69 Å². The van der Waals surface area contributed by atoms with Crippen LogP contribution in [0.2, 0.25) is 0 Å². The van der Waals surface area contributed by atoms with Gasteiger partial charge in [0.15, 0.2) is 0 Å². The third-order valence-corrected chi connectivity index (χ3v) is 3.97.